The Bertz CT molecular complexity index is 729. The van der Waals surface area contributed by atoms with E-state index in [1.165, 1.54) is 0 Å². The summed E-state index contributed by atoms with van der Waals surface area (Å²) in [6, 6.07) is 12.1. The SMILES string of the molecule is COc1ccc(C(=O)Nc2cccc(Cl)c2)cc1OC1CCOC1. The molecule has 0 aromatic heterocycles. The Hall–Kier alpha value is -2.24. The van der Waals surface area contributed by atoms with Crippen LogP contribution >= 0.6 is 11.6 Å². The molecule has 2 aromatic carbocycles. The maximum absolute atomic E-state index is 12.4. The smallest absolute Gasteiger partial charge is 0.255 e. The molecule has 126 valence electrons. The first-order valence-electron chi connectivity index (χ1n) is 7.65. The van der Waals surface area contributed by atoms with E-state index in [2.05, 4.69) is 5.32 Å². The number of carbonyl (C=O) groups is 1. The van der Waals surface area contributed by atoms with Gasteiger partial charge in [-0.3, -0.25) is 4.79 Å². The Kier molecular flexibility index (Phi) is 5.23. The lowest BCUT2D eigenvalue weighted by atomic mass is 10.1. The van der Waals surface area contributed by atoms with Crippen molar-refractivity contribution in [2.75, 3.05) is 25.6 Å². The molecule has 0 aliphatic carbocycles. The Morgan fingerprint density at radius 2 is 2.12 bits per heavy atom. The summed E-state index contributed by atoms with van der Waals surface area (Å²) in [7, 11) is 1.57. The number of benzene rings is 2. The second-order valence-electron chi connectivity index (χ2n) is 5.43. The predicted octanol–water partition coefficient (Wildman–Crippen LogP) is 3.77. The standard InChI is InChI=1S/C18H18ClNO4/c1-22-16-6-5-12(9-17(16)24-15-7-8-23-11-15)18(21)20-14-4-2-3-13(19)10-14/h2-6,9-10,15H,7-8,11H2,1H3,(H,20,21). The molecule has 5 nitrogen and oxygen atoms in total. The third kappa shape index (κ3) is 3.99. The summed E-state index contributed by atoms with van der Waals surface area (Å²) in [5.41, 5.74) is 1.11. The molecule has 0 bridgehead atoms. The minimum atomic E-state index is -0.243. The molecule has 1 unspecified atom stereocenters. The zero-order valence-corrected chi connectivity index (χ0v) is 14.0. The van der Waals surface area contributed by atoms with Crippen molar-refractivity contribution in [2.24, 2.45) is 0 Å². The number of amides is 1. The van der Waals surface area contributed by atoms with Crippen LogP contribution in [0.2, 0.25) is 5.02 Å². The first kappa shape index (κ1) is 16.6. The normalized spacial score (nSPS) is 16.7. The van der Waals surface area contributed by atoms with E-state index in [4.69, 9.17) is 25.8 Å². The van der Waals surface area contributed by atoms with E-state index in [0.717, 1.165) is 6.42 Å². The van der Waals surface area contributed by atoms with Crippen LogP contribution in [-0.2, 0) is 4.74 Å². The zero-order chi connectivity index (χ0) is 16.9. The first-order chi connectivity index (χ1) is 11.7. The second-order valence-corrected chi connectivity index (χ2v) is 5.87. The van der Waals surface area contributed by atoms with Crippen molar-refractivity contribution in [3.63, 3.8) is 0 Å². The Labute approximate surface area is 145 Å². The van der Waals surface area contributed by atoms with E-state index in [9.17, 15) is 4.79 Å². The number of hydrogen-bond acceptors (Lipinski definition) is 4. The lowest BCUT2D eigenvalue weighted by Gasteiger charge is -2.16. The van der Waals surface area contributed by atoms with Crippen molar-refractivity contribution in [3.8, 4) is 11.5 Å². The summed E-state index contributed by atoms with van der Waals surface area (Å²) in [4.78, 5) is 12.4. The van der Waals surface area contributed by atoms with Crippen molar-refractivity contribution >= 4 is 23.2 Å². The molecule has 1 amide bonds. The molecule has 0 radical (unpaired) electrons. The van der Waals surface area contributed by atoms with Crippen LogP contribution in [0.4, 0.5) is 5.69 Å². The Morgan fingerprint density at radius 1 is 1.25 bits per heavy atom. The van der Waals surface area contributed by atoms with Gasteiger partial charge in [-0.05, 0) is 36.4 Å². The minimum absolute atomic E-state index is 0.0230. The van der Waals surface area contributed by atoms with Crippen LogP contribution in [0, 0.1) is 0 Å². The third-order valence-corrected chi connectivity index (χ3v) is 3.92. The lowest BCUT2D eigenvalue weighted by molar-refractivity contribution is 0.102. The van der Waals surface area contributed by atoms with Gasteiger partial charge in [0, 0.05) is 22.7 Å². The summed E-state index contributed by atoms with van der Waals surface area (Å²) in [6.07, 6.45) is 0.799. The molecule has 1 aliphatic heterocycles. The highest BCUT2D eigenvalue weighted by Gasteiger charge is 2.20. The minimum Gasteiger partial charge on any atom is -0.493 e. The van der Waals surface area contributed by atoms with Crippen molar-refractivity contribution in [1.29, 1.82) is 0 Å². The summed E-state index contributed by atoms with van der Waals surface area (Å²) < 4.78 is 16.5. The van der Waals surface area contributed by atoms with Gasteiger partial charge in [-0.2, -0.15) is 0 Å². The number of halogens is 1. The first-order valence-corrected chi connectivity index (χ1v) is 8.03. The van der Waals surface area contributed by atoms with Gasteiger partial charge in [0.15, 0.2) is 11.5 Å². The average molecular weight is 348 g/mol. The average Bonchev–Trinajstić information content (AvgIpc) is 3.08. The molecule has 24 heavy (non-hydrogen) atoms. The second kappa shape index (κ2) is 7.55. The van der Waals surface area contributed by atoms with Crippen LogP contribution in [0.15, 0.2) is 42.5 Å². The highest BCUT2D eigenvalue weighted by atomic mass is 35.5. The Morgan fingerprint density at radius 3 is 2.83 bits per heavy atom. The maximum Gasteiger partial charge on any atom is 0.255 e. The fraction of sp³-hybridized carbons (Fsp3) is 0.278. The molecular formula is C18H18ClNO4. The van der Waals surface area contributed by atoms with Gasteiger partial charge >= 0.3 is 0 Å². The van der Waals surface area contributed by atoms with Crippen LogP contribution in [0.1, 0.15) is 16.8 Å². The number of hydrogen-bond donors (Lipinski definition) is 1. The molecule has 3 rings (SSSR count). The maximum atomic E-state index is 12.4. The van der Waals surface area contributed by atoms with Gasteiger partial charge in [0.1, 0.15) is 6.10 Å². The molecule has 1 N–H and O–H groups in total. The molecule has 6 heteroatoms. The van der Waals surface area contributed by atoms with Crippen LogP contribution in [0.25, 0.3) is 0 Å². The van der Waals surface area contributed by atoms with E-state index >= 15 is 0 Å². The largest absolute Gasteiger partial charge is 0.493 e. The van der Waals surface area contributed by atoms with Gasteiger partial charge in [-0.1, -0.05) is 17.7 Å². The van der Waals surface area contributed by atoms with E-state index in [-0.39, 0.29) is 12.0 Å². The van der Waals surface area contributed by atoms with E-state index in [0.29, 0.717) is 41.0 Å². The highest BCUT2D eigenvalue weighted by Crippen LogP contribution is 2.30. The number of anilines is 1. The number of carbonyl (C=O) groups excluding carboxylic acids is 1. The highest BCUT2D eigenvalue weighted by molar-refractivity contribution is 6.30. The van der Waals surface area contributed by atoms with Gasteiger partial charge in [0.2, 0.25) is 0 Å². The lowest BCUT2D eigenvalue weighted by Crippen LogP contribution is -2.17. The van der Waals surface area contributed by atoms with Crippen LogP contribution in [-0.4, -0.2) is 32.3 Å². The summed E-state index contributed by atoms with van der Waals surface area (Å²) in [5.74, 6) is 0.875. The van der Waals surface area contributed by atoms with Gasteiger partial charge in [-0.15, -0.1) is 0 Å². The molecule has 1 heterocycles. The summed E-state index contributed by atoms with van der Waals surface area (Å²) in [6.45, 7) is 1.23. The van der Waals surface area contributed by atoms with E-state index in [1.54, 1.807) is 49.6 Å². The fourth-order valence-corrected chi connectivity index (χ4v) is 2.66. The number of rotatable bonds is 5. The zero-order valence-electron chi connectivity index (χ0n) is 13.3. The molecule has 0 saturated carbocycles. The fourth-order valence-electron chi connectivity index (χ4n) is 2.46. The third-order valence-electron chi connectivity index (χ3n) is 3.69. The van der Waals surface area contributed by atoms with Crippen molar-refractivity contribution in [3.05, 3.63) is 53.1 Å². The van der Waals surface area contributed by atoms with E-state index < -0.39 is 0 Å². The molecule has 1 fully saturated rings. The molecule has 0 spiro atoms. The Balaban J connectivity index is 1.78. The molecule has 2 aromatic rings. The van der Waals surface area contributed by atoms with Crippen LogP contribution in [0.5, 0.6) is 11.5 Å². The predicted molar refractivity (Wildman–Crippen MR) is 92.3 cm³/mol. The number of ether oxygens (including phenoxy) is 3. The van der Waals surface area contributed by atoms with Gasteiger partial charge in [0.25, 0.3) is 5.91 Å². The quantitative estimate of drug-likeness (QED) is 0.894. The van der Waals surface area contributed by atoms with Gasteiger partial charge in [0.05, 0.1) is 20.3 Å². The molecule has 1 saturated heterocycles. The van der Waals surface area contributed by atoms with Crippen molar-refractivity contribution in [2.45, 2.75) is 12.5 Å². The summed E-state index contributed by atoms with van der Waals surface area (Å²) >= 11 is 5.93. The topological polar surface area (TPSA) is 56.8 Å². The number of nitrogens with one attached hydrogen (secondary N) is 1. The molecular weight excluding hydrogens is 330 g/mol. The van der Waals surface area contributed by atoms with Crippen molar-refractivity contribution < 1.29 is 19.0 Å². The van der Waals surface area contributed by atoms with Crippen molar-refractivity contribution in [1.82, 2.24) is 0 Å². The monoisotopic (exact) mass is 347 g/mol. The van der Waals surface area contributed by atoms with Gasteiger partial charge in [-0.25, -0.2) is 0 Å². The van der Waals surface area contributed by atoms with E-state index in [1.807, 2.05) is 0 Å². The van der Waals surface area contributed by atoms with Gasteiger partial charge < -0.3 is 19.5 Å². The van der Waals surface area contributed by atoms with Crippen LogP contribution < -0.4 is 14.8 Å². The molecule has 1 atom stereocenters. The van der Waals surface area contributed by atoms with Crippen LogP contribution in [0.3, 0.4) is 0 Å². The summed E-state index contributed by atoms with van der Waals surface area (Å²) in [5, 5.41) is 3.38. The number of methoxy groups -OCH3 is 1. The molecule has 1 aliphatic rings.